The zero-order chi connectivity index (χ0) is 19.8. The zero-order valence-electron chi connectivity index (χ0n) is 14.2. The smallest absolute Gasteiger partial charge is 0.329 e. The van der Waals surface area contributed by atoms with E-state index in [1.807, 2.05) is 30.3 Å². The van der Waals surface area contributed by atoms with Gasteiger partial charge in [0.25, 0.3) is 5.91 Å². The predicted molar refractivity (Wildman–Crippen MR) is 106 cm³/mol. The summed E-state index contributed by atoms with van der Waals surface area (Å²) in [5, 5.41) is 3.16. The van der Waals surface area contributed by atoms with Crippen molar-refractivity contribution in [2.75, 3.05) is 0 Å². The maximum atomic E-state index is 12.7. The molecule has 0 saturated carbocycles. The molecule has 0 unspecified atom stereocenters. The maximum absolute atomic E-state index is 12.7. The van der Waals surface area contributed by atoms with Gasteiger partial charge in [-0.1, -0.05) is 53.5 Å². The predicted octanol–water partition coefficient (Wildman–Crippen LogP) is 4.19. The highest BCUT2D eigenvalue weighted by atomic mass is 35.5. The number of hydrogen-bond donors (Lipinski definition) is 1. The Morgan fingerprint density at radius 2 is 1.82 bits per heavy atom. The van der Waals surface area contributed by atoms with Crippen LogP contribution in [0.4, 0.5) is 4.79 Å². The second-order valence-corrected chi connectivity index (χ2v) is 6.99. The third-order valence-electron chi connectivity index (χ3n) is 4.26. The summed E-state index contributed by atoms with van der Waals surface area (Å²) in [6, 6.07) is 11.5. The van der Waals surface area contributed by atoms with E-state index in [9.17, 15) is 14.4 Å². The SMILES string of the molecule is O=C1N/C(=C\c2coc3c(Cl)cc(Cl)cc3c2=O)C(=O)N1Cc1ccccc1. The molecule has 0 aliphatic carbocycles. The lowest BCUT2D eigenvalue weighted by molar-refractivity contribution is -0.123. The Bertz CT molecular complexity index is 1200. The molecule has 4 rings (SSSR count). The van der Waals surface area contributed by atoms with Crippen molar-refractivity contribution in [3.8, 4) is 0 Å². The van der Waals surface area contributed by atoms with Crippen molar-refractivity contribution in [3.05, 3.63) is 85.8 Å². The van der Waals surface area contributed by atoms with E-state index in [2.05, 4.69) is 5.32 Å². The first-order chi connectivity index (χ1) is 13.4. The van der Waals surface area contributed by atoms with E-state index in [1.165, 1.54) is 24.5 Å². The summed E-state index contributed by atoms with van der Waals surface area (Å²) >= 11 is 12.0. The van der Waals surface area contributed by atoms with Gasteiger partial charge in [-0.05, 0) is 23.8 Å². The fourth-order valence-electron chi connectivity index (χ4n) is 2.92. The molecule has 140 valence electrons. The van der Waals surface area contributed by atoms with Crippen molar-refractivity contribution in [2.24, 2.45) is 0 Å². The molecule has 1 aliphatic heterocycles. The van der Waals surface area contributed by atoms with Crippen molar-refractivity contribution >= 4 is 52.2 Å². The Balaban J connectivity index is 1.70. The molecule has 1 N–H and O–H groups in total. The lowest BCUT2D eigenvalue weighted by Crippen LogP contribution is -2.30. The van der Waals surface area contributed by atoms with Crippen LogP contribution in [-0.2, 0) is 11.3 Å². The van der Waals surface area contributed by atoms with Gasteiger partial charge < -0.3 is 9.73 Å². The van der Waals surface area contributed by atoms with Crippen LogP contribution in [0.2, 0.25) is 10.0 Å². The summed E-state index contributed by atoms with van der Waals surface area (Å²) in [6.07, 6.45) is 2.47. The van der Waals surface area contributed by atoms with Gasteiger partial charge >= 0.3 is 6.03 Å². The Hall–Kier alpha value is -3.09. The number of benzene rings is 2. The molecule has 3 aromatic rings. The van der Waals surface area contributed by atoms with Crippen molar-refractivity contribution < 1.29 is 14.0 Å². The summed E-state index contributed by atoms with van der Waals surface area (Å²) in [5.41, 5.74) is 0.672. The number of hydrogen-bond acceptors (Lipinski definition) is 4. The van der Waals surface area contributed by atoms with Gasteiger partial charge in [-0.3, -0.25) is 14.5 Å². The second kappa shape index (κ2) is 7.14. The Morgan fingerprint density at radius 1 is 1.07 bits per heavy atom. The fraction of sp³-hybridized carbons (Fsp3) is 0.0500. The second-order valence-electron chi connectivity index (χ2n) is 6.15. The van der Waals surface area contributed by atoms with Crippen LogP contribution >= 0.6 is 23.2 Å². The van der Waals surface area contributed by atoms with Crippen LogP contribution in [0.15, 0.2) is 63.6 Å². The van der Waals surface area contributed by atoms with Crippen molar-refractivity contribution in [2.45, 2.75) is 6.54 Å². The first kappa shape index (κ1) is 18.3. The molecule has 0 atom stereocenters. The third kappa shape index (κ3) is 3.28. The van der Waals surface area contributed by atoms with Gasteiger partial charge in [0.2, 0.25) is 0 Å². The van der Waals surface area contributed by atoms with Gasteiger partial charge in [0.05, 0.1) is 22.5 Å². The Kier molecular flexibility index (Phi) is 4.66. The Labute approximate surface area is 169 Å². The largest absolute Gasteiger partial charge is 0.462 e. The molecule has 8 heteroatoms. The summed E-state index contributed by atoms with van der Waals surface area (Å²) in [7, 11) is 0. The number of amides is 3. The number of halogens is 2. The van der Waals surface area contributed by atoms with Gasteiger partial charge in [0.1, 0.15) is 12.0 Å². The van der Waals surface area contributed by atoms with Crippen LogP contribution in [0.25, 0.3) is 17.0 Å². The lowest BCUT2D eigenvalue weighted by Gasteiger charge is -2.11. The number of nitrogens with one attached hydrogen (secondary N) is 1. The molecule has 1 saturated heterocycles. The quantitative estimate of drug-likeness (QED) is 0.514. The number of nitrogens with zero attached hydrogens (tertiary/aromatic N) is 1. The van der Waals surface area contributed by atoms with Crippen molar-refractivity contribution in [1.29, 1.82) is 0 Å². The molecule has 0 spiro atoms. The first-order valence-corrected chi connectivity index (χ1v) is 8.98. The number of rotatable bonds is 3. The lowest BCUT2D eigenvalue weighted by atomic mass is 10.1. The number of carbonyl (C=O) groups excluding carboxylic acids is 2. The average molecular weight is 415 g/mol. The molecule has 3 amide bonds. The van der Waals surface area contributed by atoms with Crippen LogP contribution in [0.1, 0.15) is 11.1 Å². The minimum absolute atomic E-state index is 0.0132. The summed E-state index contributed by atoms with van der Waals surface area (Å²) in [5.74, 6) is -0.530. The standard InChI is InChI=1S/C20H12Cl2N2O4/c21-13-7-14-17(25)12(10-28-18(14)15(22)8-13)6-16-19(26)24(20(27)23-16)9-11-4-2-1-3-5-11/h1-8,10H,9H2,(H,23,27)/b16-6-. The molecule has 0 bridgehead atoms. The van der Waals surface area contributed by atoms with E-state index in [1.54, 1.807) is 0 Å². The number of fused-ring (bicyclic) bond motifs is 1. The minimum atomic E-state index is -0.559. The molecular weight excluding hydrogens is 403 g/mol. The van der Waals surface area contributed by atoms with E-state index in [4.69, 9.17) is 27.6 Å². The molecule has 2 heterocycles. The number of carbonyl (C=O) groups is 2. The summed E-state index contributed by atoms with van der Waals surface area (Å²) in [6.45, 7) is 0.125. The van der Waals surface area contributed by atoms with Crippen LogP contribution in [0.5, 0.6) is 0 Å². The highest BCUT2D eigenvalue weighted by Crippen LogP contribution is 2.27. The highest BCUT2D eigenvalue weighted by Gasteiger charge is 2.33. The summed E-state index contributed by atoms with van der Waals surface area (Å²) in [4.78, 5) is 38.6. The fourth-order valence-corrected chi connectivity index (χ4v) is 3.45. The van der Waals surface area contributed by atoms with Crippen LogP contribution in [0.3, 0.4) is 0 Å². The molecule has 1 aromatic heterocycles. The molecule has 28 heavy (non-hydrogen) atoms. The van der Waals surface area contributed by atoms with Crippen molar-refractivity contribution in [3.63, 3.8) is 0 Å². The average Bonchev–Trinajstić information content (AvgIpc) is 2.93. The van der Waals surface area contributed by atoms with E-state index < -0.39 is 17.4 Å². The number of imide groups is 1. The van der Waals surface area contributed by atoms with Crippen LogP contribution in [0, 0.1) is 0 Å². The topological polar surface area (TPSA) is 79.6 Å². The van der Waals surface area contributed by atoms with E-state index in [0.717, 1.165) is 10.5 Å². The van der Waals surface area contributed by atoms with Crippen LogP contribution < -0.4 is 10.7 Å². The minimum Gasteiger partial charge on any atom is -0.462 e. The summed E-state index contributed by atoms with van der Waals surface area (Å²) < 4.78 is 5.43. The molecule has 0 radical (unpaired) electrons. The molecular formula is C20H12Cl2N2O4. The molecule has 6 nitrogen and oxygen atoms in total. The Morgan fingerprint density at radius 3 is 2.57 bits per heavy atom. The molecule has 1 fully saturated rings. The molecule has 1 aliphatic rings. The maximum Gasteiger partial charge on any atom is 0.329 e. The van der Waals surface area contributed by atoms with E-state index in [0.29, 0.717) is 0 Å². The van der Waals surface area contributed by atoms with E-state index >= 15 is 0 Å². The van der Waals surface area contributed by atoms with Crippen molar-refractivity contribution in [1.82, 2.24) is 10.2 Å². The normalized spacial score (nSPS) is 15.5. The van der Waals surface area contributed by atoms with Gasteiger partial charge in [-0.25, -0.2) is 4.79 Å². The van der Waals surface area contributed by atoms with Gasteiger partial charge in [0.15, 0.2) is 11.0 Å². The van der Waals surface area contributed by atoms with Gasteiger partial charge in [0, 0.05) is 5.02 Å². The van der Waals surface area contributed by atoms with E-state index in [-0.39, 0.29) is 38.8 Å². The van der Waals surface area contributed by atoms with Crippen LogP contribution in [-0.4, -0.2) is 16.8 Å². The zero-order valence-corrected chi connectivity index (χ0v) is 15.8. The van der Waals surface area contributed by atoms with Gasteiger partial charge in [-0.2, -0.15) is 0 Å². The molecule has 2 aromatic carbocycles. The number of urea groups is 1. The third-order valence-corrected chi connectivity index (χ3v) is 4.76. The van der Waals surface area contributed by atoms with Gasteiger partial charge in [-0.15, -0.1) is 0 Å². The first-order valence-electron chi connectivity index (χ1n) is 8.23. The monoisotopic (exact) mass is 414 g/mol. The highest BCUT2D eigenvalue weighted by molar-refractivity contribution is 6.38.